The molecule has 0 aliphatic heterocycles. The molecule has 0 fully saturated rings. The molecule has 3 atom stereocenters. The Morgan fingerprint density at radius 3 is 2.61 bits per heavy atom. The van der Waals surface area contributed by atoms with Gasteiger partial charge in [0.2, 0.25) is 0 Å². The van der Waals surface area contributed by atoms with Crippen molar-refractivity contribution in [2.45, 2.75) is 37.2 Å². The van der Waals surface area contributed by atoms with Gasteiger partial charge in [-0.3, -0.25) is 0 Å². The molecule has 0 heterocycles. The number of allylic oxidation sites excluding steroid dienone is 3. The first-order valence-electron chi connectivity index (χ1n) is 8.41. The Hall–Kier alpha value is -1.74. The lowest BCUT2D eigenvalue weighted by Crippen LogP contribution is -2.47. The van der Waals surface area contributed by atoms with E-state index in [1.807, 2.05) is 0 Å². The van der Waals surface area contributed by atoms with Crippen LogP contribution in [0.1, 0.15) is 30.4 Å². The van der Waals surface area contributed by atoms with E-state index in [-0.39, 0.29) is 11.5 Å². The van der Waals surface area contributed by atoms with Crippen molar-refractivity contribution >= 4 is 0 Å². The molecule has 0 saturated carbocycles. The van der Waals surface area contributed by atoms with Crippen LogP contribution in [0.25, 0.3) is 0 Å². The van der Waals surface area contributed by atoms with Gasteiger partial charge in [-0.1, -0.05) is 18.2 Å². The van der Waals surface area contributed by atoms with E-state index in [0.717, 1.165) is 24.3 Å². The number of rotatable bonds is 3. The number of ether oxygens (including phenoxy) is 3. The maximum Gasteiger partial charge on any atom is 0.161 e. The summed E-state index contributed by atoms with van der Waals surface area (Å²) in [6, 6.07) is 4.40. The van der Waals surface area contributed by atoms with Crippen LogP contribution in [0.4, 0.5) is 0 Å². The third-order valence-corrected chi connectivity index (χ3v) is 5.90. The van der Waals surface area contributed by atoms with Crippen molar-refractivity contribution in [3.63, 3.8) is 0 Å². The second kappa shape index (κ2) is 5.41. The fourth-order valence-electron chi connectivity index (χ4n) is 4.71. The Kier molecular flexibility index (Phi) is 3.49. The molecule has 0 saturated heterocycles. The van der Waals surface area contributed by atoms with Gasteiger partial charge in [0.1, 0.15) is 0 Å². The molecule has 3 heteroatoms. The molecule has 1 aromatic rings. The number of hydrogen-bond donors (Lipinski definition) is 0. The van der Waals surface area contributed by atoms with Gasteiger partial charge in [0.15, 0.2) is 11.5 Å². The fraction of sp³-hybridized carbons (Fsp3) is 0.500. The average molecular weight is 312 g/mol. The summed E-state index contributed by atoms with van der Waals surface area (Å²) in [5, 5.41) is 0. The Bertz CT molecular complexity index is 688. The van der Waals surface area contributed by atoms with Crippen molar-refractivity contribution in [1.82, 2.24) is 0 Å². The lowest BCUT2D eigenvalue weighted by Gasteiger charge is -2.52. The van der Waals surface area contributed by atoms with Crippen LogP contribution in [0.3, 0.4) is 0 Å². The van der Waals surface area contributed by atoms with Gasteiger partial charge >= 0.3 is 0 Å². The van der Waals surface area contributed by atoms with Crippen molar-refractivity contribution in [1.29, 1.82) is 0 Å². The Morgan fingerprint density at radius 2 is 1.87 bits per heavy atom. The van der Waals surface area contributed by atoms with Crippen LogP contribution in [-0.4, -0.2) is 27.4 Å². The van der Waals surface area contributed by atoms with E-state index in [2.05, 4.69) is 30.4 Å². The number of benzene rings is 1. The predicted octanol–water partition coefficient (Wildman–Crippen LogP) is 3.81. The highest BCUT2D eigenvalue weighted by atomic mass is 16.5. The molecule has 3 nitrogen and oxygen atoms in total. The molecule has 0 N–H and O–H groups in total. The van der Waals surface area contributed by atoms with Crippen molar-refractivity contribution in [2.24, 2.45) is 5.92 Å². The zero-order valence-corrected chi connectivity index (χ0v) is 14.1. The smallest absolute Gasteiger partial charge is 0.161 e. The molecule has 3 aliphatic rings. The Balaban J connectivity index is 1.90. The van der Waals surface area contributed by atoms with E-state index >= 15 is 0 Å². The Morgan fingerprint density at radius 1 is 1.09 bits per heavy atom. The second-order valence-corrected chi connectivity index (χ2v) is 6.79. The summed E-state index contributed by atoms with van der Waals surface area (Å²) in [7, 11) is 5.23. The largest absolute Gasteiger partial charge is 0.493 e. The van der Waals surface area contributed by atoms with E-state index in [1.54, 1.807) is 21.3 Å². The standard InChI is InChI=1S/C20H24O3/c1-21-16-8-7-15-10-14-6-4-5-13-9-18(22-2)19(23-3)11-17(13)20(14,15)12-16/h7-11,14,16H,4-6,12H2,1-3H3/t14?,16-,20+/m1/s1. The molecule has 122 valence electrons. The molecule has 0 bridgehead atoms. The first kappa shape index (κ1) is 14.8. The predicted molar refractivity (Wildman–Crippen MR) is 90.3 cm³/mol. The zero-order valence-electron chi connectivity index (χ0n) is 14.1. The van der Waals surface area contributed by atoms with Crippen LogP contribution >= 0.6 is 0 Å². The maximum absolute atomic E-state index is 5.67. The van der Waals surface area contributed by atoms with Crippen LogP contribution in [-0.2, 0) is 16.6 Å². The van der Waals surface area contributed by atoms with Gasteiger partial charge < -0.3 is 14.2 Å². The second-order valence-electron chi connectivity index (χ2n) is 6.79. The van der Waals surface area contributed by atoms with Crippen LogP contribution in [0.15, 0.2) is 35.9 Å². The minimum atomic E-state index is 0.0980. The van der Waals surface area contributed by atoms with E-state index in [0.29, 0.717) is 5.92 Å². The highest BCUT2D eigenvalue weighted by molar-refractivity contribution is 5.60. The van der Waals surface area contributed by atoms with Gasteiger partial charge in [0.25, 0.3) is 0 Å². The van der Waals surface area contributed by atoms with E-state index in [4.69, 9.17) is 14.2 Å². The third-order valence-electron chi connectivity index (χ3n) is 5.90. The monoisotopic (exact) mass is 312 g/mol. The van der Waals surface area contributed by atoms with Gasteiger partial charge in [-0.25, -0.2) is 0 Å². The highest BCUT2D eigenvalue weighted by Crippen LogP contribution is 2.59. The Labute approximate surface area is 137 Å². The van der Waals surface area contributed by atoms with Crippen LogP contribution in [0, 0.1) is 5.92 Å². The van der Waals surface area contributed by atoms with Crippen molar-refractivity contribution in [3.8, 4) is 11.5 Å². The molecule has 0 radical (unpaired) electrons. The first-order chi connectivity index (χ1) is 11.2. The summed E-state index contributed by atoms with van der Waals surface area (Å²) in [6.45, 7) is 0. The minimum absolute atomic E-state index is 0.0980. The number of hydrogen-bond acceptors (Lipinski definition) is 3. The molecular weight excluding hydrogens is 288 g/mol. The highest BCUT2D eigenvalue weighted by Gasteiger charge is 2.52. The normalized spacial score (nSPS) is 31.0. The third kappa shape index (κ3) is 1.99. The zero-order chi connectivity index (χ0) is 16.0. The van der Waals surface area contributed by atoms with Gasteiger partial charge in [-0.2, -0.15) is 0 Å². The van der Waals surface area contributed by atoms with Gasteiger partial charge in [-0.15, -0.1) is 0 Å². The average Bonchev–Trinajstić information content (AvgIpc) is 2.67. The molecule has 1 unspecified atom stereocenters. The summed E-state index contributed by atoms with van der Waals surface area (Å²) in [6.07, 6.45) is 11.7. The summed E-state index contributed by atoms with van der Waals surface area (Å²) in [4.78, 5) is 0. The topological polar surface area (TPSA) is 27.7 Å². The van der Waals surface area contributed by atoms with Gasteiger partial charge in [-0.05, 0) is 60.4 Å². The van der Waals surface area contributed by atoms with Crippen LogP contribution in [0.5, 0.6) is 11.5 Å². The van der Waals surface area contributed by atoms with Crippen molar-refractivity contribution in [2.75, 3.05) is 21.3 Å². The van der Waals surface area contributed by atoms with Crippen LogP contribution in [0.2, 0.25) is 0 Å². The minimum Gasteiger partial charge on any atom is -0.493 e. The maximum atomic E-state index is 5.67. The van der Waals surface area contributed by atoms with Crippen LogP contribution < -0.4 is 9.47 Å². The molecule has 0 amide bonds. The number of methoxy groups -OCH3 is 3. The summed E-state index contributed by atoms with van der Waals surface area (Å²) >= 11 is 0. The molecule has 1 aromatic carbocycles. The quantitative estimate of drug-likeness (QED) is 0.849. The number of aryl methyl sites for hydroxylation is 1. The van der Waals surface area contributed by atoms with E-state index in [9.17, 15) is 0 Å². The fourth-order valence-corrected chi connectivity index (χ4v) is 4.71. The molecule has 4 rings (SSSR count). The SMILES string of the molecule is COc1cc2c(cc1OC)[C@]13C[C@H](OC)C=CC1=CC3CCC2. The lowest BCUT2D eigenvalue weighted by molar-refractivity contribution is 0.0929. The molecule has 0 aromatic heterocycles. The van der Waals surface area contributed by atoms with Gasteiger partial charge in [0.05, 0.1) is 20.3 Å². The molecule has 1 spiro atoms. The molecule has 23 heavy (non-hydrogen) atoms. The molecular formula is C20H24O3. The van der Waals surface area contributed by atoms with E-state index in [1.165, 1.54) is 29.5 Å². The first-order valence-corrected chi connectivity index (χ1v) is 8.41. The summed E-state index contributed by atoms with van der Waals surface area (Å²) < 4.78 is 16.8. The summed E-state index contributed by atoms with van der Waals surface area (Å²) in [5.74, 6) is 2.27. The number of fused-ring (bicyclic) bond motifs is 1. The lowest BCUT2D eigenvalue weighted by atomic mass is 9.52. The van der Waals surface area contributed by atoms with E-state index < -0.39 is 0 Å². The molecule has 3 aliphatic carbocycles. The van der Waals surface area contributed by atoms with Crippen molar-refractivity contribution < 1.29 is 14.2 Å². The summed E-state index contributed by atoms with van der Waals surface area (Å²) in [5.41, 5.74) is 4.37. The van der Waals surface area contributed by atoms with Gasteiger partial charge in [0, 0.05) is 12.5 Å². The van der Waals surface area contributed by atoms with Crippen molar-refractivity contribution in [3.05, 3.63) is 47.1 Å².